The third kappa shape index (κ3) is 4.64. The van der Waals surface area contributed by atoms with Gasteiger partial charge in [0.15, 0.2) is 0 Å². The van der Waals surface area contributed by atoms with Gasteiger partial charge >= 0.3 is 12.1 Å². The molecule has 0 radical (unpaired) electrons. The Labute approximate surface area is 205 Å². The lowest BCUT2D eigenvalue weighted by Crippen LogP contribution is -2.58. The van der Waals surface area contributed by atoms with Gasteiger partial charge in [0, 0.05) is 25.4 Å². The molecule has 2 fully saturated rings. The normalized spacial score (nSPS) is 20.3. The Hall–Kier alpha value is -3.35. The summed E-state index contributed by atoms with van der Waals surface area (Å²) in [5, 5.41) is 11.9. The predicted octanol–water partition coefficient (Wildman–Crippen LogP) is 4.55. The lowest BCUT2D eigenvalue weighted by atomic mass is 9.95. The van der Waals surface area contributed by atoms with Crippen LogP contribution in [0.15, 0.2) is 48.5 Å². The number of carboxylic acid groups (broad SMARTS) is 1. The van der Waals surface area contributed by atoms with E-state index in [1.165, 1.54) is 11.1 Å². The van der Waals surface area contributed by atoms with Crippen LogP contribution in [0.4, 0.5) is 4.79 Å². The second-order valence-corrected chi connectivity index (χ2v) is 10.1. The van der Waals surface area contributed by atoms with Crippen LogP contribution in [0, 0.1) is 5.92 Å². The first-order chi connectivity index (χ1) is 17.0. The number of carbonyl (C=O) groups is 3. The van der Waals surface area contributed by atoms with E-state index < -0.39 is 17.6 Å². The van der Waals surface area contributed by atoms with Gasteiger partial charge in [-0.1, -0.05) is 61.4 Å². The highest BCUT2D eigenvalue weighted by molar-refractivity contribution is 5.90. The molecule has 35 heavy (non-hydrogen) atoms. The number of benzene rings is 2. The summed E-state index contributed by atoms with van der Waals surface area (Å²) < 4.78 is 5.74. The van der Waals surface area contributed by atoms with Gasteiger partial charge in [0.25, 0.3) is 0 Å². The molecule has 0 bridgehead atoms. The van der Waals surface area contributed by atoms with Crippen molar-refractivity contribution in [1.82, 2.24) is 10.2 Å². The maximum atomic E-state index is 13.5. The fraction of sp³-hybridized carbons (Fsp3) is 0.464. The molecule has 1 aliphatic heterocycles. The van der Waals surface area contributed by atoms with Gasteiger partial charge in [-0.15, -0.1) is 0 Å². The Morgan fingerprint density at radius 2 is 1.63 bits per heavy atom. The molecule has 1 saturated carbocycles. The second kappa shape index (κ2) is 9.72. The zero-order valence-electron chi connectivity index (χ0n) is 19.9. The molecule has 3 aliphatic rings. The zero-order chi connectivity index (χ0) is 24.4. The molecular formula is C28H32N2O5. The average molecular weight is 477 g/mol. The number of nitrogens with one attached hydrogen (secondary N) is 1. The topological polar surface area (TPSA) is 95.9 Å². The first-order valence-corrected chi connectivity index (χ1v) is 12.6. The van der Waals surface area contributed by atoms with E-state index in [9.17, 15) is 14.4 Å². The van der Waals surface area contributed by atoms with Gasteiger partial charge in [-0.3, -0.25) is 9.59 Å². The maximum Gasteiger partial charge on any atom is 0.408 e. The van der Waals surface area contributed by atoms with Gasteiger partial charge in [0.05, 0.1) is 0 Å². The molecular weight excluding hydrogens is 444 g/mol. The molecule has 2 aliphatic carbocycles. The van der Waals surface area contributed by atoms with E-state index in [4.69, 9.17) is 9.84 Å². The zero-order valence-corrected chi connectivity index (χ0v) is 19.9. The number of rotatable bonds is 7. The largest absolute Gasteiger partial charge is 0.481 e. The molecule has 1 saturated heterocycles. The minimum Gasteiger partial charge on any atom is -0.481 e. The number of ether oxygens (including phenoxy) is 1. The van der Waals surface area contributed by atoms with Crippen molar-refractivity contribution >= 4 is 18.0 Å². The van der Waals surface area contributed by atoms with Gasteiger partial charge in [-0.2, -0.15) is 0 Å². The number of carbonyl (C=O) groups excluding carboxylic acids is 2. The van der Waals surface area contributed by atoms with Crippen LogP contribution in [0.1, 0.15) is 62.0 Å². The third-order valence-corrected chi connectivity index (χ3v) is 7.89. The maximum absolute atomic E-state index is 13.5. The van der Waals surface area contributed by atoms with Gasteiger partial charge in [0.2, 0.25) is 5.91 Å². The molecule has 0 spiro atoms. The van der Waals surface area contributed by atoms with E-state index in [-0.39, 0.29) is 30.8 Å². The van der Waals surface area contributed by atoms with E-state index >= 15 is 0 Å². The highest BCUT2D eigenvalue weighted by Gasteiger charge is 2.46. The lowest BCUT2D eigenvalue weighted by molar-refractivity contribution is -0.137. The van der Waals surface area contributed by atoms with Crippen LogP contribution >= 0.6 is 0 Å². The summed E-state index contributed by atoms with van der Waals surface area (Å²) in [7, 11) is 0. The van der Waals surface area contributed by atoms with Crippen molar-refractivity contribution in [2.24, 2.45) is 5.92 Å². The van der Waals surface area contributed by atoms with Crippen molar-refractivity contribution in [3.63, 3.8) is 0 Å². The molecule has 2 N–H and O–H groups in total. The van der Waals surface area contributed by atoms with E-state index in [0.29, 0.717) is 32.4 Å². The SMILES string of the molecule is O=C(O)CCC1CCN(C(=O)C2(NC(=O)OCC3c4ccccc4-c4ccccc43)CCCC2)C1. The summed E-state index contributed by atoms with van der Waals surface area (Å²) in [4.78, 5) is 39.2. The fourth-order valence-corrected chi connectivity index (χ4v) is 6.08. The standard InChI is InChI=1S/C28H32N2O5/c31-25(32)12-11-19-13-16-30(17-19)26(33)28(14-5-6-15-28)29-27(34)35-18-24-22-9-3-1-7-20(22)21-8-2-4-10-23(21)24/h1-4,7-10,19,24H,5-6,11-18H2,(H,29,34)(H,31,32). The molecule has 1 atom stereocenters. The van der Waals surface area contributed by atoms with E-state index in [2.05, 4.69) is 29.6 Å². The number of fused-ring (bicyclic) bond motifs is 3. The molecule has 2 aromatic rings. The van der Waals surface area contributed by atoms with Crippen molar-refractivity contribution in [3.8, 4) is 11.1 Å². The number of likely N-dealkylation sites (tertiary alicyclic amines) is 1. The number of hydrogen-bond donors (Lipinski definition) is 2. The Bertz CT molecular complexity index is 1080. The Balaban J connectivity index is 1.23. The molecule has 5 rings (SSSR count). The van der Waals surface area contributed by atoms with Crippen LogP contribution in [-0.4, -0.2) is 53.2 Å². The minimum absolute atomic E-state index is 0.0306. The Kier molecular flexibility index (Phi) is 6.50. The van der Waals surface area contributed by atoms with Crippen LogP contribution in [-0.2, 0) is 14.3 Å². The van der Waals surface area contributed by atoms with Gasteiger partial charge in [0.1, 0.15) is 12.1 Å². The number of aliphatic carboxylic acids is 1. The highest BCUT2D eigenvalue weighted by Crippen LogP contribution is 2.44. The summed E-state index contributed by atoms with van der Waals surface area (Å²) >= 11 is 0. The highest BCUT2D eigenvalue weighted by atomic mass is 16.5. The second-order valence-electron chi connectivity index (χ2n) is 10.1. The van der Waals surface area contributed by atoms with Crippen LogP contribution in [0.5, 0.6) is 0 Å². The summed E-state index contributed by atoms with van der Waals surface area (Å²) in [5.41, 5.74) is 3.72. The fourth-order valence-electron chi connectivity index (χ4n) is 6.08. The molecule has 7 nitrogen and oxygen atoms in total. The Morgan fingerprint density at radius 1 is 1.00 bits per heavy atom. The van der Waals surface area contributed by atoms with Crippen molar-refractivity contribution in [1.29, 1.82) is 0 Å². The molecule has 0 aromatic heterocycles. The number of alkyl carbamates (subject to hydrolysis) is 1. The minimum atomic E-state index is -0.926. The van der Waals surface area contributed by atoms with Gasteiger partial charge < -0.3 is 20.1 Å². The van der Waals surface area contributed by atoms with Crippen molar-refractivity contribution < 1.29 is 24.2 Å². The van der Waals surface area contributed by atoms with Gasteiger partial charge in [-0.25, -0.2) is 4.79 Å². The lowest BCUT2D eigenvalue weighted by Gasteiger charge is -2.33. The number of carboxylic acids is 1. The third-order valence-electron chi connectivity index (χ3n) is 7.89. The smallest absolute Gasteiger partial charge is 0.408 e. The quantitative estimate of drug-likeness (QED) is 0.611. The molecule has 2 aromatic carbocycles. The van der Waals surface area contributed by atoms with E-state index in [0.717, 1.165) is 30.4 Å². The van der Waals surface area contributed by atoms with Crippen molar-refractivity contribution in [3.05, 3.63) is 59.7 Å². The average Bonchev–Trinajstić information content (AvgIpc) is 3.59. The van der Waals surface area contributed by atoms with E-state index in [1.54, 1.807) is 0 Å². The van der Waals surface area contributed by atoms with Crippen molar-refractivity contribution in [2.45, 2.75) is 56.4 Å². The summed E-state index contributed by atoms with van der Waals surface area (Å²) in [6.07, 6.45) is 3.92. The first-order valence-electron chi connectivity index (χ1n) is 12.6. The molecule has 1 heterocycles. The number of nitrogens with zero attached hydrogens (tertiary/aromatic N) is 1. The summed E-state index contributed by atoms with van der Waals surface area (Å²) in [6, 6.07) is 16.4. The van der Waals surface area contributed by atoms with Crippen LogP contribution in [0.3, 0.4) is 0 Å². The molecule has 7 heteroatoms. The number of amides is 2. The number of hydrogen-bond acceptors (Lipinski definition) is 4. The molecule has 1 unspecified atom stereocenters. The van der Waals surface area contributed by atoms with E-state index in [1.807, 2.05) is 29.2 Å². The Morgan fingerprint density at radius 3 is 2.26 bits per heavy atom. The van der Waals surface area contributed by atoms with Crippen LogP contribution in [0.2, 0.25) is 0 Å². The predicted molar refractivity (Wildman–Crippen MR) is 131 cm³/mol. The van der Waals surface area contributed by atoms with Gasteiger partial charge in [-0.05, 0) is 53.9 Å². The van der Waals surface area contributed by atoms with Crippen molar-refractivity contribution in [2.75, 3.05) is 19.7 Å². The summed E-state index contributed by atoms with van der Waals surface area (Å²) in [6.45, 7) is 1.38. The summed E-state index contributed by atoms with van der Waals surface area (Å²) in [5.74, 6) is -0.694. The molecule has 184 valence electrons. The van der Waals surface area contributed by atoms with Crippen LogP contribution in [0.25, 0.3) is 11.1 Å². The molecule has 2 amide bonds. The van der Waals surface area contributed by atoms with Crippen LogP contribution < -0.4 is 5.32 Å². The monoisotopic (exact) mass is 476 g/mol. The first kappa shape index (κ1) is 23.4.